The number of thioether (sulfide) groups is 1. The number of carbonyl (C=O) groups is 1. The van der Waals surface area contributed by atoms with Gasteiger partial charge in [0.15, 0.2) is 0 Å². The maximum atomic E-state index is 12.9. The SMILES string of the molecule is COc1ccccc1SC(C)C(=O)NC(c1ccccc1)c1ccccc1. The van der Waals surface area contributed by atoms with Crippen LogP contribution in [0.5, 0.6) is 5.75 Å². The van der Waals surface area contributed by atoms with Crippen molar-refractivity contribution in [2.75, 3.05) is 7.11 Å². The van der Waals surface area contributed by atoms with E-state index in [1.165, 1.54) is 11.8 Å². The number of methoxy groups -OCH3 is 1. The Morgan fingerprint density at radius 3 is 1.93 bits per heavy atom. The molecule has 0 heterocycles. The summed E-state index contributed by atoms with van der Waals surface area (Å²) in [6, 6.07) is 27.6. The molecular weight excluding hydrogens is 354 g/mol. The predicted octanol–water partition coefficient (Wildman–Crippen LogP) is 5.08. The molecule has 0 aromatic heterocycles. The molecule has 138 valence electrons. The van der Waals surface area contributed by atoms with Crippen LogP contribution in [0.4, 0.5) is 0 Å². The van der Waals surface area contributed by atoms with Crippen LogP contribution in [0.2, 0.25) is 0 Å². The number of rotatable bonds is 7. The van der Waals surface area contributed by atoms with Gasteiger partial charge in [0.2, 0.25) is 5.91 Å². The van der Waals surface area contributed by atoms with Gasteiger partial charge in [-0.3, -0.25) is 4.79 Å². The Hall–Kier alpha value is -2.72. The summed E-state index contributed by atoms with van der Waals surface area (Å²) in [7, 11) is 1.64. The van der Waals surface area contributed by atoms with E-state index in [9.17, 15) is 4.79 Å². The molecule has 3 aromatic carbocycles. The summed E-state index contributed by atoms with van der Waals surface area (Å²) < 4.78 is 5.39. The first-order valence-corrected chi connectivity index (χ1v) is 9.77. The lowest BCUT2D eigenvalue weighted by Crippen LogP contribution is -2.34. The second kappa shape index (κ2) is 9.28. The van der Waals surface area contributed by atoms with Crippen molar-refractivity contribution in [3.05, 3.63) is 96.1 Å². The van der Waals surface area contributed by atoms with Gasteiger partial charge in [0, 0.05) is 0 Å². The van der Waals surface area contributed by atoms with E-state index in [0.717, 1.165) is 21.8 Å². The summed E-state index contributed by atoms with van der Waals surface area (Å²) in [6.07, 6.45) is 0. The molecule has 0 saturated heterocycles. The molecule has 27 heavy (non-hydrogen) atoms. The molecule has 0 fully saturated rings. The van der Waals surface area contributed by atoms with Crippen LogP contribution in [-0.2, 0) is 4.79 Å². The molecule has 0 aliphatic heterocycles. The van der Waals surface area contributed by atoms with Gasteiger partial charge in [0.25, 0.3) is 0 Å². The molecule has 0 aliphatic carbocycles. The van der Waals surface area contributed by atoms with Crippen LogP contribution >= 0.6 is 11.8 Å². The van der Waals surface area contributed by atoms with Crippen LogP contribution in [0.15, 0.2) is 89.8 Å². The zero-order chi connectivity index (χ0) is 19.1. The van der Waals surface area contributed by atoms with Crippen molar-refractivity contribution in [2.45, 2.75) is 23.1 Å². The molecule has 3 aromatic rings. The van der Waals surface area contributed by atoms with Crippen LogP contribution in [0.25, 0.3) is 0 Å². The van der Waals surface area contributed by atoms with Gasteiger partial charge >= 0.3 is 0 Å². The third kappa shape index (κ3) is 4.92. The number of hydrogen-bond acceptors (Lipinski definition) is 3. The Morgan fingerprint density at radius 2 is 1.37 bits per heavy atom. The molecule has 1 amide bonds. The van der Waals surface area contributed by atoms with E-state index in [1.807, 2.05) is 91.9 Å². The van der Waals surface area contributed by atoms with Crippen LogP contribution in [0, 0.1) is 0 Å². The first-order chi connectivity index (χ1) is 13.2. The number of amides is 1. The summed E-state index contributed by atoms with van der Waals surface area (Å²) in [5.41, 5.74) is 2.12. The first kappa shape index (κ1) is 19.1. The molecule has 1 unspecified atom stereocenters. The van der Waals surface area contributed by atoms with Gasteiger partial charge in [-0.2, -0.15) is 0 Å². The maximum Gasteiger partial charge on any atom is 0.233 e. The van der Waals surface area contributed by atoms with E-state index in [4.69, 9.17) is 4.74 Å². The second-order valence-electron chi connectivity index (χ2n) is 6.17. The number of hydrogen-bond donors (Lipinski definition) is 1. The normalized spacial score (nSPS) is 11.8. The summed E-state index contributed by atoms with van der Waals surface area (Å²) in [4.78, 5) is 13.9. The monoisotopic (exact) mass is 377 g/mol. The fraction of sp³-hybridized carbons (Fsp3) is 0.174. The third-order valence-electron chi connectivity index (χ3n) is 4.29. The summed E-state index contributed by atoms with van der Waals surface area (Å²) in [5, 5.41) is 2.95. The average molecular weight is 378 g/mol. The number of nitrogens with one attached hydrogen (secondary N) is 1. The molecule has 0 radical (unpaired) electrons. The smallest absolute Gasteiger partial charge is 0.233 e. The van der Waals surface area contributed by atoms with Crippen LogP contribution in [0.3, 0.4) is 0 Å². The minimum atomic E-state index is -0.253. The molecule has 0 saturated carbocycles. The molecule has 1 N–H and O–H groups in total. The molecule has 0 bridgehead atoms. The number of benzene rings is 3. The zero-order valence-electron chi connectivity index (χ0n) is 15.5. The first-order valence-electron chi connectivity index (χ1n) is 8.89. The number of carbonyl (C=O) groups excluding carboxylic acids is 1. The fourth-order valence-corrected chi connectivity index (χ4v) is 3.85. The molecule has 3 nitrogen and oxygen atoms in total. The van der Waals surface area contributed by atoms with E-state index in [2.05, 4.69) is 5.32 Å². The quantitative estimate of drug-likeness (QED) is 0.584. The second-order valence-corrected chi connectivity index (χ2v) is 7.56. The maximum absolute atomic E-state index is 12.9. The average Bonchev–Trinajstić information content (AvgIpc) is 2.73. The predicted molar refractivity (Wildman–Crippen MR) is 111 cm³/mol. The van der Waals surface area contributed by atoms with E-state index < -0.39 is 0 Å². The topological polar surface area (TPSA) is 38.3 Å². The highest BCUT2D eigenvalue weighted by atomic mass is 32.2. The largest absolute Gasteiger partial charge is 0.496 e. The zero-order valence-corrected chi connectivity index (χ0v) is 16.3. The molecule has 1 atom stereocenters. The minimum Gasteiger partial charge on any atom is -0.496 e. The summed E-state index contributed by atoms with van der Waals surface area (Å²) in [6.45, 7) is 1.92. The van der Waals surface area contributed by atoms with Crippen LogP contribution < -0.4 is 10.1 Å². The standard InChI is InChI=1S/C23H23NO2S/c1-17(27-21-16-10-9-15-20(21)26-2)23(25)24-22(18-11-5-3-6-12-18)19-13-7-4-8-14-19/h3-17,22H,1-2H3,(H,24,25). The van der Waals surface area contributed by atoms with E-state index in [0.29, 0.717) is 0 Å². The van der Waals surface area contributed by atoms with Gasteiger partial charge in [0.1, 0.15) is 5.75 Å². The molecule has 4 heteroatoms. The highest BCUT2D eigenvalue weighted by Gasteiger charge is 2.22. The Bertz CT molecular complexity index is 828. The number of ether oxygens (including phenoxy) is 1. The van der Waals surface area contributed by atoms with E-state index >= 15 is 0 Å². The highest BCUT2D eigenvalue weighted by molar-refractivity contribution is 8.00. The van der Waals surface area contributed by atoms with Crippen molar-refractivity contribution in [3.63, 3.8) is 0 Å². The van der Waals surface area contributed by atoms with Crippen LogP contribution in [-0.4, -0.2) is 18.3 Å². The summed E-state index contributed by atoms with van der Waals surface area (Å²) >= 11 is 1.50. The highest BCUT2D eigenvalue weighted by Crippen LogP contribution is 2.32. The van der Waals surface area contributed by atoms with E-state index in [-0.39, 0.29) is 17.2 Å². The molecular formula is C23H23NO2S. The third-order valence-corrected chi connectivity index (χ3v) is 5.45. The molecule has 0 aliphatic rings. The van der Waals surface area contributed by atoms with Crippen molar-refractivity contribution in [1.29, 1.82) is 0 Å². The van der Waals surface area contributed by atoms with Crippen molar-refractivity contribution >= 4 is 17.7 Å². The summed E-state index contributed by atoms with van der Waals surface area (Å²) in [5.74, 6) is 0.772. The van der Waals surface area contributed by atoms with Gasteiger partial charge in [0.05, 0.1) is 23.3 Å². The van der Waals surface area contributed by atoms with Crippen molar-refractivity contribution in [1.82, 2.24) is 5.32 Å². The number of para-hydroxylation sites is 1. The van der Waals surface area contributed by atoms with Gasteiger partial charge in [-0.25, -0.2) is 0 Å². The Kier molecular flexibility index (Phi) is 6.55. The Morgan fingerprint density at radius 1 is 0.852 bits per heavy atom. The lowest BCUT2D eigenvalue weighted by molar-refractivity contribution is -0.120. The molecule has 3 rings (SSSR count). The van der Waals surface area contributed by atoms with Gasteiger partial charge < -0.3 is 10.1 Å². The van der Waals surface area contributed by atoms with Crippen LogP contribution in [0.1, 0.15) is 24.1 Å². The lowest BCUT2D eigenvalue weighted by atomic mass is 9.98. The van der Waals surface area contributed by atoms with Gasteiger partial charge in [-0.1, -0.05) is 72.8 Å². The Balaban J connectivity index is 1.78. The van der Waals surface area contributed by atoms with Crippen molar-refractivity contribution in [2.24, 2.45) is 0 Å². The molecule has 0 spiro atoms. The van der Waals surface area contributed by atoms with E-state index in [1.54, 1.807) is 7.11 Å². The minimum absolute atomic E-state index is 0.0105. The lowest BCUT2D eigenvalue weighted by Gasteiger charge is -2.22. The van der Waals surface area contributed by atoms with Gasteiger partial charge in [-0.15, -0.1) is 11.8 Å². The van der Waals surface area contributed by atoms with Gasteiger partial charge in [-0.05, 0) is 30.2 Å². The van der Waals surface area contributed by atoms with Crippen molar-refractivity contribution in [3.8, 4) is 5.75 Å². The Labute approximate surface area is 164 Å². The van der Waals surface area contributed by atoms with Crippen molar-refractivity contribution < 1.29 is 9.53 Å². The fourth-order valence-electron chi connectivity index (χ4n) is 2.87.